The van der Waals surface area contributed by atoms with Crippen LogP contribution in [0.1, 0.15) is 290 Å². The van der Waals surface area contributed by atoms with E-state index in [1.165, 1.54) is 77.0 Å². The number of phosphoric ester groups is 2. The van der Waals surface area contributed by atoms with Crippen LogP contribution in [0.15, 0.2) is 182 Å². The fourth-order valence-corrected chi connectivity index (χ4v) is 11.7. The Hall–Kier alpha value is -5.35. The van der Waals surface area contributed by atoms with Crippen molar-refractivity contribution in [3.05, 3.63) is 182 Å². The number of esters is 3. The normalized spacial score (nSPS) is 14.9. The summed E-state index contributed by atoms with van der Waals surface area (Å²) >= 11 is 0. The Morgan fingerprint density at radius 2 is 0.486 bits per heavy atom. The highest BCUT2D eigenvalue weighted by molar-refractivity contribution is 7.47. The number of carbonyl (C=O) groups is 3. The van der Waals surface area contributed by atoms with Gasteiger partial charge in [-0.1, -0.05) is 306 Å². The summed E-state index contributed by atoms with van der Waals surface area (Å²) in [6.07, 6.45) is 101. The molecule has 0 bridgehead atoms. The standard InChI is InChI=1S/C87H142O16P2/c1-4-7-10-13-16-19-22-25-28-31-33-35-36-37-38-39-40-41-42-43-44-46-48-50-52-55-58-61-64-67-70-73-85(90)97-76-82(88)77-99-104(93,94)100-78-83(89)79-101-105(95,96)102-81-84(103-87(92)75-72-69-66-63-60-57-54-49-30-27-24-21-18-15-12-9-6-3)80-98-86(91)74-71-68-65-62-59-56-53-51-47-45-34-32-29-26-23-20-17-14-11-8-5-2/h7-12,16-21,25-30,33-35,37-38,45,51,53-54,57,63,66,82-84,88-89H,4-6,13-15,22-24,31-32,36,39-44,46-50,52,55-56,58-62,64-65,67-81H2,1-3H3,(H,93,94)(H,95,96)/b10-7-,11-8-,12-9-,19-16-,20-17-,21-18-,28-25-,29-26-,30-27-,35-33-,38-37-,45-34-,53-51-,57-54-,66-63-. The molecule has 0 aliphatic rings. The Labute approximate surface area is 636 Å². The SMILES string of the molecule is CC/C=C\C/C=C\C/C=C\C/C=C\C/C=C\CCCCCCCCCCCCCCCCCC(=O)OCC(O)COP(=O)(O)OCC(O)COP(=O)(O)OCC(COC(=O)CCCCCCC/C=C\C/C=C\C/C=C\C/C=C\C/C=C\CC)OC(=O)CCC/C=C\C/C=C\C/C=C\C/C=C\C/C=C\CC. The van der Waals surface area contributed by atoms with Gasteiger partial charge < -0.3 is 34.2 Å². The number of ether oxygens (including phenoxy) is 3. The molecule has 0 amide bonds. The summed E-state index contributed by atoms with van der Waals surface area (Å²) in [5, 5.41) is 20.7. The molecule has 0 saturated carbocycles. The van der Waals surface area contributed by atoms with Crippen molar-refractivity contribution in [2.45, 2.75) is 309 Å². The Morgan fingerprint density at radius 1 is 0.267 bits per heavy atom. The molecular weight excluding hydrogens is 1360 g/mol. The third kappa shape index (κ3) is 79.5. The number of hydrogen-bond donors (Lipinski definition) is 4. The van der Waals surface area contributed by atoms with Gasteiger partial charge in [-0.2, -0.15) is 0 Å². The van der Waals surface area contributed by atoms with Gasteiger partial charge in [-0.05, 0) is 148 Å². The molecule has 0 heterocycles. The number of allylic oxidation sites excluding steroid dienone is 30. The predicted octanol–water partition coefficient (Wildman–Crippen LogP) is 23.8. The summed E-state index contributed by atoms with van der Waals surface area (Å²) < 4.78 is 61.1. The van der Waals surface area contributed by atoms with Gasteiger partial charge in [0.2, 0.25) is 0 Å². The minimum Gasteiger partial charge on any atom is -0.463 e. The predicted molar refractivity (Wildman–Crippen MR) is 435 cm³/mol. The highest BCUT2D eigenvalue weighted by Gasteiger charge is 2.29. The van der Waals surface area contributed by atoms with E-state index in [0.717, 1.165) is 148 Å². The molecule has 0 aromatic rings. The van der Waals surface area contributed by atoms with E-state index in [0.29, 0.717) is 25.7 Å². The molecule has 105 heavy (non-hydrogen) atoms. The second kappa shape index (κ2) is 78.2. The van der Waals surface area contributed by atoms with Crippen molar-refractivity contribution in [3.8, 4) is 0 Å². The van der Waals surface area contributed by atoms with E-state index in [1.54, 1.807) is 0 Å². The molecule has 0 rings (SSSR count). The first kappa shape index (κ1) is 99.7. The Bertz CT molecular complexity index is 2640. The molecule has 4 N–H and O–H groups in total. The van der Waals surface area contributed by atoms with Gasteiger partial charge in [0.05, 0.1) is 26.4 Å². The van der Waals surface area contributed by atoms with Gasteiger partial charge in [-0.3, -0.25) is 32.5 Å². The lowest BCUT2D eigenvalue weighted by Gasteiger charge is -2.21. The van der Waals surface area contributed by atoms with Crippen molar-refractivity contribution in [1.29, 1.82) is 0 Å². The number of unbranched alkanes of at least 4 members (excludes halogenated alkanes) is 21. The van der Waals surface area contributed by atoms with E-state index < -0.39 is 91.5 Å². The molecule has 0 fully saturated rings. The van der Waals surface area contributed by atoms with Crippen LogP contribution in [-0.4, -0.2) is 95.9 Å². The Morgan fingerprint density at radius 3 is 0.781 bits per heavy atom. The van der Waals surface area contributed by atoms with Gasteiger partial charge in [0.1, 0.15) is 25.4 Å². The van der Waals surface area contributed by atoms with E-state index >= 15 is 0 Å². The monoisotopic (exact) mass is 1500 g/mol. The van der Waals surface area contributed by atoms with Crippen LogP contribution in [-0.2, 0) is 55.8 Å². The minimum absolute atomic E-state index is 0.0151. The van der Waals surface area contributed by atoms with Crippen LogP contribution in [0.4, 0.5) is 0 Å². The molecule has 0 aliphatic carbocycles. The van der Waals surface area contributed by atoms with Gasteiger partial charge in [-0.25, -0.2) is 9.13 Å². The molecule has 0 spiro atoms. The molecule has 0 radical (unpaired) electrons. The second-order valence-corrected chi connectivity index (χ2v) is 29.0. The van der Waals surface area contributed by atoms with Crippen molar-refractivity contribution in [2.24, 2.45) is 0 Å². The quantitative estimate of drug-likeness (QED) is 0.0146. The number of hydrogen-bond acceptors (Lipinski definition) is 14. The maximum Gasteiger partial charge on any atom is 0.472 e. The first-order chi connectivity index (χ1) is 51.2. The van der Waals surface area contributed by atoms with Crippen molar-refractivity contribution in [1.82, 2.24) is 0 Å². The topological polar surface area (TPSA) is 231 Å². The number of aliphatic hydroxyl groups is 2. The summed E-state index contributed by atoms with van der Waals surface area (Å²) in [6, 6.07) is 0. The molecule has 0 saturated heterocycles. The molecule has 0 aromatic carbocycles. The fourth-order valence-electron chi connectivity index (χ4n) is 10.1. The van der Waals surface area contributed by atoms with E-state index in [-0.39, 0.29) is 19.3 Å². The smallest absolute Gasteiger partial charge is 0.463 e. The molecule has 5 unspecified atom stereocenters. The first-order valence-corrected chi connectivity index (χ1v) is 43.1. The third-order valence-electron chi connectivity index (χ3n) is 16.1. The van der Waals surface area contributed by atoms with Crippen molar-refractivity contribution < 1.29 is 75.8 Å². The van der Waals surface area contributed by atoms with Gasteiger partial charge >= 0.3 is 33.6 Å². The van der Waals surface area contributed by atoms with Crippen LogP contribution in [0.3, 0.4) is 0 Å². The molecular formula is C87H142O16P2. The van der Waals surface area contributed by atoms with Crippen LogP contribution >= 0.6 is 15.6 Å². The summed E-state index contributed by atoms with van der Waals surface area (Å²) in [4.78, 5) is 58.7. The largest absolute Gasteiger partial charge is 0.472 e. The molecule has 5 atom stereocenters. The lowest BCUT2D eigenvalue weighted by Crippen LogP contribution is -2.30. The zero-order valence-electron chi connectivity index (χ0n) is 65.1. The van der Waals surface area contributed by atoms with Crippen LogP contribution in [0, 0.1) is 0 Å². The van der Waals surface area contributed by atoms with E-state index in [2.05, 4.69) is 191 Å². The van der Waals surface area contributed by atoms with Crippen LogP contribution in [0.5, 0.6) is 0 Å². The maximum absolute atomic E-state index is 13.0. The van der Waals surface area contributed by atoms with Crippen molar-refractivity contribution in [2.75, 3.05) is 39.6 Å². The average molecular weight is 1510 g/mol. The number of carbonyl (C=O) groups excluding carboxylic acids is 3. The Balaban J connectivity index is 4.58. The van der Waals surface area contributed by atoms with Crippen LogP contribution in [0.25, 0.3) is 0 Å². The number of aliphatic hydroxyl groups excluding tert-OH is 2. The molecule has 0 aliphatic heterocycles. The minimum atomic E-state index is -4.96. The molecule has 18 heteroatoms. The van der Waals surface area contributed by atoms with Crippen LogP contribution in [0.2, 0.25) is 0 Å². The van der Waals surface area contributed by atoms with Gasteiger partial charge in [0, 0.05) is 19.3 Å². The average Bonchev–Trinajstić information content (AvgIpc) is 0.917. The molecule has 16 nitrogen and oxygen atoms in total. The fraction of sp³-hybridized carbons (Fsp3) is 0.621. The molecule has 596 valence electrons. The maximum atomic E-state index is 13.0. The summed E-state index contributed by atoms with van der Waals surface area (Å²) in [5.74, 6) is -1.67. The van der Waals surface area contributed by atoms with E-state index in [4.69, 9.17) is 32.3 Å². The van der Waals surface area contributed by atoms with Crippen molar-refractivity contribution >= 4 is 33.6 Å². The summed E-state index contributed by atoms with van der Waals surface area (Å²) in [7, 11) is -9.83. The summed E-state index contributed by atoms with van der Waals surface area (Å²) in [6.45, 7) is 2.24. The van der Waals surface area contributed by atoms with Gasteiger partial charge in [0.25, 0.3) is 0 Å². The second-order valence-electron chi connectivity index (χ2n) is 26.1. The molecule has 0 aromatic heterocycles. The third-order valence-corrected chi connectivity index (χ3v) is 18.0. The van der Waals surface area contributed by atoms with Gasteiger partial charge in [0.15, 0.2) is 6.10 Å². The van der Waals surface area contributed by atoms with Crippen LogP contribution < -0.4 is 0 Å². The van der Waals surface area contributed by atoms with Gasteiger partial charge in [-0.15, -0.1) is 0 Å². The Kier molecular flexibility index (Phi) is 74.3. The zero-order chi connectivity index (χ0) is 76.6. The lowest BCUT2D eigenvalue weighted by molar-refractivity contribution is -0.161. The first-order valence-electron chi connectivity index (χ1n) is 40.1. The lowest BCUT2D eigenvalue weighted by atomic mass is 10.0. The highest BCUT2D eigenvalue weighted by atomic mass is 31.2. The zero-order valence-corrected chi connectivity index (χ0v) is 66.9. The van der Waals surface area contributed by atoms with E-state index in [1.807, 2.05) is 12.2 Å². The van der Waals surface area contributed by atoms with E-state index in [9.17, 15) is 43.5 Å². The highest BCUT2D eigenvalue weighted by Crippen LogP contribution is 2.45. The number of rotatable bonds is 74. The summed E-state index contributed by atoms with van der Waals surface area (Å²) in [5.41, 5.74) is 0. The van der Waals surface area contributed by atoms with Crippen molar-refractivity contribution in [3.63, 3.8) is 0 Å². The number of phosphoric acid groups is 2.